The third-order valence-corrected chi connectivity index (χ3v) is 1.93. The Morgan fingerprint density at radius 2 is 1.94 bits per heavy atom. The first-order chi connectivity index (χ1) is 7.88. The number of ether oxygens (including phenoxy) is 1. The van der Waals surface area contributed by atoms with E-state index in [9.17, 15) is 0 Å². The average Bonchev–Trinajstić information content (AvgIpc) is 2.33. The highest BCUT2D eigenvalue weighted by molar-refractivity contribution is 5.78. The molecule has 0 atom stereocenters. The van der Waals surface area contributed by atoms with Crippen molar-refractivity contribution >= 4 is 6.21 Å². The summed E-state index contributed by atoms with van der Waals surface area (Å²) in [5.41, 5.74) is 0.711. The molecule has 0 saturated heterocycles. The van der Waals surface area contributed by atoms with Crippen molar-refractivity contribution in [2.45, 2.75) is 0 Å². The highest BCUT2D eigenvalue weighted by atomic mass is 16.5. The van der Waals surface area contributed by atoms with E-state index in [0.29, 0.717) is 11.4 Å². The number of hydrogen-bond acceptors (Lipinski definition) is 4. The number of aromatic nitrogens is 1. The van der Waals surface area contributed by atoms with Crippen LogP contribution >= 0.6 is 0 Å². The van der Waals surface area contributed by atoms with Gasteiger partial charge in [-0.25, -0.2) is 4.98 Å². The molecule has 1 heterocycles. The van der Waals surface area contributed by atoms with Crippen LogP contribution in [0.2, 0.25) is 0 Å². The van der Waals surface area contributed by atoms with E-state index in [1.807, 2.05) is 30.3 Å². The van der Waals surface area contributed by atoms with Crippen LogP contribution in [0.1, 0.15) is 5.56 Å². The number of para-hydroxylation sites is 1. The highest BCUT2D eigenvalue weighted by Gasteiger charge is 1.97. The molecular weight excluding hydrogens is 204 g/mol. The summed E-state index contributed by atoms with van der Waals surface area (Å²) < 4.78 is 5.49. The lowest BCUT2D eigenvalue weighted by Crippen LogP contribution is -1.89. The number of rotatable bonds is 3. The zero-order valence-corrected chi connectivity index (χ0v) is 8.45. The number of benzene rings is 1. The Labute approximate surface area is 92.8 Å². The summed E-state index contributed by atoms with van der Waals surface area (Å²) in [7, 11) is 0. The smallest absolute Gasteiger partial charge is 0.219 e. The van der Waals surface area contributed by atoms with Gasteiger partial charge < -0.3 is 9.94 Å². The van der Waals surface area contributed by atoms with Crippen molar-refractivity contribution in [2.75, 3.05) is 0 Å². The van der Waals surface area contributed by atoms with E-state index in [0.717, 1.165) is 5.75 Å². The fourth-order valence-corrected chi connectivity index (χ4v) is 1.20. The van der Waals surface area contributed by atoms with Gasteiger partial charge in [-0.1, -0.05) is 23.4 Å². The lowest BCUT2D eigenvalue weighted by atomic mass is 10.3. The predicted molar refractivity (Wildman–Crippen MR) is 60.1 cm³/mol. The molecule has 2 rings (SSSR count). The Kier molecular flexibility index (Phi) is 3.13. The summed E-state index contributed by atoms with van der Waals surface area (Å²) in [5, 5.41) is 11.2. The quantitative estimate of drug-likeness (QED) is 0.485. The summed E-state index contributed by atoms with van der Waals surface area (Å²) in [5.74, 6) is 1.24. The van der Waals surface area contributed by atoms with Gasteiger partial charge in [0.05, 0.1) is 6.21 Å². The van der Waals surface area contributed by atoms with Gasteiger partial charge in [-0.3, -0.25) is 0 Å². The number of oxime groups is 1. The standard InChI is InChI=1S/C12H10N2O2/c15-14-9-10-6-7-12(13-8-10)16-11-4-2-1-3-5-11/h1-9,15H/b14-9-. The molecule has 0 spiro atoms. The molecule has 0 bridgehead atoms. The zero-order valence-electron chi connectivity index (χ0n) is 8.45. The highest BCUT2D eigenvalue weighted by Crippen LogP contribution is 2.17. The van der Waals surface area contributed by atoms with Crippen LogP contribution in [0.5, 0.6) is 11.6 Å². The van der Waals surface area contributed by atoms with Gasteiger partial charge in [0.1, 0.15) is 5.75 Å². The second-order valence-corrected chi connectivity index (χ2v) is 3.09. The van der Waals surface area contributed by atoms with Crippen molar-refractivity contribution in [3.05, 3.63) is 54.2 Å². The molecule has 0 aliphatic heterocycles. The molecule has 0 fully saturated rings. The largest absolute Gasteiger partial charge is 0.439 e. The lowest BCUT2D eigenvalue weighted by molar-refractivity contribution is 0.322. The topological polar surface area (TPSA) is 54.7 Å². The fraction of sp³-hybridized carbons (Fsp3) is 0. The van der Waals surface area contributed by atoms with Gasteiger partial charge in [0, 0.05) is 17.8 Å². The third-order valence-electron chi connectivity index (χ3n) is 1.93. The molecule has 0 aliphatic rings. The second kappa shape index (κ2) is 4.93. The predicted octanol–water partition coefficient (Wildman–Crippen LogP) is 2.68. The number of hydrogen-bond donors (Lipinski definition) is 1. The molecule has 16 heavy (non-hydrogen) atoms. The minimum atomic E-state index is 0.501. The van der Waals surface area contributed by atoms with Crippen LogP contribution in [0.4, 0.5) is 0 Å². The van der Waals surface area contributed by atoms with Crippen LogP contribution in [-0.2, 0) is 0 Å². The first kappa shape index (κ1) is 10.2. The van der Waals surface area contributed by atoms with Gasteiger partial charge in [0.25, 0.3) is 0 Å². The van der Waals surface area contributed by atoms with Crippen LogP contribution < -0.4 is 4.74 Å². The molecule has 0 aliphatic carbocycles. The molecule has 1 aromatic carbocycles. The van der Waals surface area contributed by atoms with Crippen molar-refractivity contribution in [1.29, 1.82) is 0 Å². The molecule has 1 aromatic heterocycles. The molecule has 0 amide bonds. The minimum Gasteiger partial charge on any atom is -0.439 e. The minimum absolute atomic E-state index is 0.501. The van der Waals surface area contributed by atoms with E-state index < -0.39 is 0 Å². The molecule has 0 unspecified atom stereocenters. The van der Waals surface area contributed by atoms with E-state index in [4.69, 9.17) is 9.94 Å². The van der Waals surface area contributed by atoms with Crippen molar-refractivity contribution in [3.8, 4) is 11.6 Å². The zero-order chi connectivity index (χ0) is 11.2. The van der Waals surface area contributed by atoms with Crippen LogP contribution in [0.15, 0.2) is 53.8 Å². The first-order valence-corrected chi connectivity index (χ1v) is 4.75. The van der Waals surface area contributed by atoms with Crippen LogP contribution in [-0.4, -0.2) is 16.4 Å². The maximum absolute atomic E-state index is 8.33. The lowest BCUT2D eigenvalue weighted by Gasteiger charge is -2.03. The Bertz CT molecular complexity index is 466. The maximum Gasteiger partial charge on any atom is 0.219 e. The average molecular weight is 214 g/mol. The van der Waals surface area contributed by atoms with Gasteiger partial charge in [0.2, 0.25) is 5.88 Å². The van der Waals surface area contributed by atoms with E-state index >= 15 is 0 Å². The fourth-order valence-electron chi connectivity index (χ4n) is 1.20. The Morgan fingerprint density at radius 1 is 1.12 bits per heavy atom. The Hall–Kier alpha value is -2.36. The summed E-state index contributed by atoms with van der Waals surface area (Å²) in [4.78, 5) is 4.07. The second-order valence-electron chi connectivity index (χ2n) is 3.09. The molecule has 4 nitrogen and oxygen atoms in total. The normalized spacial score (nSPS) is 10.5. The molecular formula is C12H10N2O2. The molecule has 80 valence electrons. The molecule has 0 radical (unpaired) electrons. The summed E-state index contributed by atoms with van der Waals surface area (Å²) >= 11 is 0. The molecule has 4 heteroatoms. The van der Waals surface area contributed by atoms with Gasteiger partial charge >= 0.3 is 0 Å². The van der Waals surface area contributed by atoms with Crippen molar-refractivity contribution in [2.24, 2.45) is 5.16 Å². The summed E-state index contributed by atoms with van der Waals surface area (Å²) in [6.45, 7) is 0. The van der Waals surface area contributed by atoms with Crippen molar-refractivity contribution < 1.29 is 9.94 Å². The van der Waals surface area contributed by atoms with Crippen molar-refractivity contribution in [3.63, 3.8) is 0 Å². The SMILES string of the molecule is O/N=C\c1ccc(Oc2ccccc2)nc1. The van der Waals surface area contributed by atoms with E-state index in [-0.39, 0.29) is 0 Å². The van der Waals surface area contributed by atoms with Gasteiger partial charge in [-0.15, -0.1) is 0 Å². The van der Waals surface area contributed by atoms with Gasteiger partial charge in [-0.2, -0.15) is 0 Å². The van der Waals surface area contributed by atoms with Crippen LogP contribution in [0, 0.1) is 0 Å². The summed E-state index contributed by atoms with van der Waals surface area (Å²) in [6, 6.07) is 12.9. The first-order valence-electron chi connectivity index (χ1n) is 4.75. The van der Waals surface area contributed by atoms with E-state index in [2.05, 4.69) is 10.1 Å². The monoisotopic (exact) mass is 214 g/mol. The molecule has 2 aromatic rings. The third kappa shape index (κ3) is 2.57. The Morgan fingerprint density at radius 3 is 2.56 bits per heavy atom. The Balaban J connectivity index is 2.11. The van der Waals surface area contributed by atoms with E-state index in [1.165, 1.54) is 6.21 Å². The summed E-state index contributed by atoms with van der Waals surface area (Å²) in [6.07, 6.45) is 2.87. The van der Waals surface area contributed by atoms with Crippen LogP contribution in [0.3, 0.4) is 0 Å². The van der Waals surface area contributed by atoms with Gasteiger partial charge in [-0.05, 0) is 18.2 Å². The van der Waals surface area contributed by atoms with Gasteiger partial charge in [0.15, 0.2) is 0 Å². The van der Waals surface area contributed by atoms with E-state index in [1.54, 1.807) is 18.3 Å². The maximum atomic E-state index is 8.33. The number of nitrogens with zero attached hydrogens (tertiary/aromatic N) is 2. The number of pyridine rings is 1. The van der Waals surface area contributed by atoms with Crippen LogP contribution in [0.25, 0.3) is 0 Å². The molecule has 1 N–H and O–H groups in total. The molecule has 0 saturated carbocycles. The van der Waals surface area contributed by atoms with Crippen molar-refractivity contribution in [1.82, 2.24) is 4.98 Å².